The molecule has 0 bridgehead atoms. The molecule has 8 N–H and O–H groups in total. The molecule has 0 amide bonds. The predicted molar refractivity (Wildman–Crippen MR) is 96.3 cm³/mol. The maximum absolute atomic E-state index is 12.1. The van der Waals surface area contributed by atoms with Gasteiger partial charge in [-0.2, -0.15) is 0 Å². The fourth-order valence-electron chi connectivity index (χ4n) is 2.54. The Bertz CT molecular complexity index is 386. The highest BCUT2D eigenvalue weighted by Crippen LogP contribution is 2.11. The van der Waals surface area contributed by atoms with Crippen molar-refractivity contribution >= 4 is 5.78 Å². The maximum Gasteiger partial charge on any atom is 0.152 e. The van der Waals surface area contributed by atoms with E-state index in [1.165, 1.54) is 0 Å². The van der Waals surface area contributed by atoms with E-state index in [-0.39, 0.29) is 17.7 Å². The fourth-order valence-corrected chi connectivity index (χ4v) is 2.54. The van der Waals surface area contributed by atoms with E-state index in [2.05, 4.69) is 10.6 Å². The number of aliphatic hydroxyl groups excluding tert-OH is 6. The van der Waals surface area contributed by atoms with Crippen LogP contribution in [0.2, 0.25) is 0 Å². The Morgan fingerprint density at radius 3 is 2.12 bits per heavy atom. The monoisotopic (exact) mass is 380 g/mol. The highest BCUT2D eigenvalue weighted by Gasteiger charge is 2.33. The number of aliphatic hydroxyl groups is 6. The maximum atomic E-state index is 12.1. The molecule has 0 aromatic heterocycles. The van der Waals surface area contributed by atoms with Gasteiger partial charge in [-0.25, -0.2) is 0 Å². The van der Waals surface area contributed by atoms with Gasteiger partial charge in [-0.05, 0) is 32.9 Å². The molecule has 0 aromatic carbocycles. The zero-order valence-corrected chi connectivity index (χ0v) is 15.9. The Morgan fingerprint density at radius 1 is 1.00 bits per heavy atom. The molecule has 0 aliphatic heterocycles. The van der Waals surface area contributed by atoms with Gasteiger partial charge in [0.2, 0.25) is 0 Å². The lowest BCUT2D eigenvalue weighted by molar-refractivity contribution is -0.145. The van der Waals surface area contributed by atoms with Crippen LogP contribution in [0.5, 0.6) is 0 Å². The van der Waals surface area contributed by atoms with E-state index < -0.39 is 37.3 Å². The number of Topliss-reactive ketones (excluding diaryl/α,β-unsaturated/α-hetero) is 1. The molecule has 7 unspecified atom stereocenters. The number of hydrogen-bond acceptors (Lipinski definition) is 9. The van der Waals surface area contributed by atoms with Crippen molar-refractivity contribution in [2.75, 3.05) is 20.2 Å². The van der Waals surface area contributed by atoms with Crippen LogP contribution in [-0.2, 0) is 4.79 Å². The van der Waals surface area contributed by atoms with Crippen LogP contribution in [0.3, 0.4) is 0 Å². The summed E-state index contributed by atoms with van der Waals surface area (Å²) in [6, 6.07) is -0.211. The molecule has 0 saturated carbocycles. The number of likely N-dealkylation sites (N-methyl/N-ethyl adjacent to an activating group) is 1. The summed E-state index contributed by atoms with van der Waals surface area (Å²) in [5, 5.41) is 62.4. The Morgan fingerprint density at radius 2 is 1.62 bits per heavy atom. The molecule has 0 rings (SSSR count). The second-order valence-corrected chi connectivity index (χ2v) is 6.67. The lowest BCUT2D eigenvalue weighted by Gasteiger charge is -2.28. The minimum atomic E-state index is -1.82. The topological polar surface area (TPSA) is 163 Å². The van der Waals surface area contributed by atoms with Gasteiger partial charge in [-0.3, -0.25) is 10.1 Å². The molecule has 0 aliphatic rings. The average Bonchev–Trinajstić information content (AvgIpc) is 2.66. The molecule has 0 spiro atoms. The van der Waals surface area contributed by atoms with Crippen molar-refractivity contribution in [3.05, 3.63) is 0 Å². The molecular formula is C17H36N2O7. The summed E-state index contributed by atoms with van der Waals surface area (Å²) in [6.07, 6.45) is -5.66. The summed E-state index contributed by atoms with van der Waals surface area (Å²) in [4.78, 5) is 12.1. The molecule has 0 saturated heterocycles. The van der Waals surface area contributed by atoms with Crippen LogP contribution in [0.4, 0.5) is 0 Å². The molecule has 0 radical (unpaired) electrons. The third-order valence-corrected chi connectivity index (χ3v) is 4.67. The van der Waals surface area contributed by atoms with Gasteiger partial charge < -0.3 is 36.0 Å². The van der Waals surface area contributed by atoms with Gasteiger partial charge >= 0.3 is 0 Å². The zero-order valence-electron chi connectivity index (χ0n) is 15.9. The standard InChI is InChI=1S/C17H36N2O7/c1-4-10(2)13(22)11(18-3)7-5-6-8-19-17(26)16(25)15(24)14(23)12(21)9-20/h10-12,14-21,23-26H,4-9H2,1-3H3. The Hall–Kier alpha value is -0.650. The Kier molecular flexibility index (Phi) is 13.2. The van der Waals surface area contributed by atoms with E-state index in [9.17, 15) is 30.3 Å². The van der Waals surface area contributed by atoms with E-state index in [1.807, 2.05) is 13.8 Å². The van der Waals surface area contributed by atoms with E-state index >= 15 is 0 Å². The van der Waals surface area contributed by atoms with Crippen LogP contribution >= 0.6 is 0 Å². The first-order valence-corrected chi connectivity index (χ1v) is 9.16. The Balaban J connectivity index is 4.17. The zero-order chi connectivity index (χ0) is 20.3. The summed E-state index contributed by atoms with van der Waals surface area (Å²) < 4.78 is 0. The molecule has 156 valence electrons. The first-order valence-electron chi connectivity index (χ1n) is 9.16. The van der Waals surface area contributed by atoms with Crippen LogP contribution in [0, 0.1) is 5.92 Å². The molecule has 0 heterocycles. The summed E-state index contributed by atoms with van der Waals surface area (Å²) in [5.74, 6) is 0.183. The van der Waals surface area contributed by atoms with Crippen molar-refractivity contribution in [2.24, 2.45) is 5.92 Å². The molecule has 9 nitrogen and oxygen atoms in total. The third kappa shape index (κ3) is 8.36. The van der Waals surface area contributed by atoms with Gasteiger partial charge in [0.1, 0.15) is 30.6 Å². The first kappa shape index (κ1) is 25.4. The van der Waals surface area contributed by atoms with Crippen LogP contribution in [0.1, 0.15) is 39.5 Å². The van der Waals surface area contributed by atoms with Crippen molar-refractivity contribution in [1.29, 1.82) is 0 Å². The van der Waals surface area contributed by atoms with E-state index in [4.69, 9.17) is 5.11 Å². The molecule has 26 heavy (non-hydrogen) atoms. The van der Waals surface area contributed by atoms with Crippen molar-refractivity contribution in [3.63, 3.8) is 0 Å². The van der Waals surface area contributed by atoms with Gasteiger partial charge in [0.25, 0.3) is 0 Å². The molecule has 0 aliphatic carbocycles. The third-order valence-electron chi connectivity index (χ3n) is 4.67. The van der Waals surface area contributed by atoms with Gasteiger partial charge in [0.15, 0.2) is 5.78 Å². The van der Waals surface area contributed by atoms with Crippen LogP contribution in [0.25, 0.3) is 0 Å². The van der Waals surface area contributed by atoms with E-state index in [0.29, 0.717) is 19.4 Å². The van der Waals surface area contributed by atoms with Gasteiger partial charge in [0.05, 0.1) is 12.6 Å². The minimum Gasteiger partial charge on any atom is -0.394 e. The lowest BCUT2D eigenvalue weighted by atomic mass is 9.94. The molecular weight excluding hydrogens is 344 g/mol. The number of unbranched alkanes of at least 4 members (excludes halogenated alkanes) is 1. The van der Waals surface area contributed by atoms with Crippen LogP contribution < -0.4 is 10.6 Å². The summed E-state index contributed by atoms with van der Waals surface area (Å²) in [7, 11) is 1.75. The second kappa shape index (κ2) is 13.5. The number of carbonyl (C=O) groups excluding carboxylic acids is 1. The normalized spacial score (nSPS) is 20.0. The number of hydrogen-bond donors (Lipinski definition) is 8. The van der Waals surface area contributed by atoms with Crippen molar-refractivity contribution < 1.29 is 35.4 Å². The lowest BCUT2D eigenvalue weighted by Crippen LogP contribution is -2.53. The smallest absolute Gasteiger partial charge is 0.152 e. The summed E-state index contributed by atoms with van der Waals surface area (Å²) in [6.45, 7) is 3.42. The molecule has 9 heteroatoms. The van der Waals surface area contributed by atoms with Gasteiger partial charge in [0, 0.05) is 5.92 Å². The SMILES string of the molecule is CCC(C)C(=O)C(CCCCNC(O)C(O)C(O)C(O)C(O)CO)NC. The summed E-state index contributed by atoms with van der Waals surface area (Å²) in [5.41, 5.74) is 0. The van der Waals surface area contributed by atoms with Crippen molar-refractivity contribution in [1.82, 2.24) is 10.6 Å². The number of carbonyl (C=O) groups is 1. The van der Waals surface area contributed by atoms with Crippen molar-refractivity contribution in [2.45, 2.75) is 76.2 Å². The Labute approximate surface area is 155 Å². The molecule has 7 atom stereocenters. The average molecular weight is 380 g/mol. The molecule has 0 aromatic rings. The second-order valence-electron chi connectivity index (χ2n) is 6.67. The quantitative estimate of drug-likeness (QED) is 0.115. The van der Waals surface area contributed by atoms with E-state index in [1.54, 1.807) is 7.05 Å². The van der Waals surface area contributed by atoms with Crippen molar-refractivity contribution in [3.8, 4) is 0 Å². The van der Waals surface area contributed by atoms with Crippen LogP contribution in [0.15, 0.2) is 0 Å². The van der Waals surface area contributed by atoms with Gasteiger partial charge in [-0.1, -0.05) is 20.3 Å². The minimum absolute atomic E-state index is 0.00438. The number of ketones is 1. The highest BCUT2D eigenvalue weighted by molar-refractivity contribution is 5.85. The summed E-state index contributed by atoms with van der Waals surface area (Å²) >= 11 is 0. The predicted octanol–water partition coefficient (Wildman–Crippen LogP) is -2.30. The number of rotatable bonds is 15. The van der Waals surface area contributed by atoms with Crippen LogP contribution in [-0.4, -0.2) is 93.3 Å². The highest BCUT2D eigenvalue weighted by atomic mass is 16.4. The van der Waals surface area contributed by atoms with Gasteiger partial charge in [-0.15, -0.1) is 0 Å². The van der Waals surface area contributed by atoms with E-state index in [0.717, 1.165) is 12.8 Å². The fraction of sp³-hybridized carbons (Fsp3) is 0.941. The number of nitrogens with one attached hydrogen (secondary N) is 2. The molecule has 0 fully saturated rings. The largest absolute Gasteiger partial charge is 0.394 e. The first-order chi connectivity index (χ1) is 12.2.